The molecule has 1 N–H and O–H groups in total. The summed E-state index contributed by atoms with van der Waals surface area (Å²) in [7, 11) is 3.76. The molecule has 0 unspecified atom stereocenters. The van der Waals surface area contributed by atoms with Crippen molar-refractivity contribution < 1.29 is 23.6 Å². The van der Waals surface area contributed by atoms with E-state index in [0.717, 1.165) is 5.69 Å². The quantitative estimate of drug-likeness (QED) is 0.154. The number of hydrogen-bond acceptors (Lipinski definition) is 6. The topological polar surface area (TPSA) is 83.6 Å². The number of carbonyl (C=O) groups is 2. The van der Waals surface area contributed by atoms with Crippen LogP contribution in [0.2, 0.25) is 0 Å². The van der Waals surface area contributed by atoms with E-state index in [1.165, 1.54) is 6.08 Å². The van der Waals surface area contributed by atoms with E-state index in [1.54, 1.807) is 36.9 Å². The van der Waals surface area contributed by atoms with Gasteiger partial charge in [0.1, 0.15) is 5.69 Å². The fourth-order valence-electron chi connectivity index (χ4n) is 1.81. The summed E-state index contributed by atoms with van der Waals surface area (Å²) in [5, 5.41) is 7.48. The van der Waals surface area contributed by atoms with Crippen molar-refractivity contribution in [2.24, 2.45) is 0 Å². The monoisotopic (exact) mass is 332 g/mol. The van der Waals surface area contributed by atoms with Crippen LogP contribution in [0.25, 0.3) is 5.70 Å². The Kier molecular flexibility index (Phi) is 7.39. The molecule has 0 amide bonds. The number of carbonyl (C=O) groups excluding carboxylic acids is 2. The second-order valence-corrected chi connectivity index (χ2v) is 4.87. The number of nitrogens with zero attached hydrogens (tertiary/aromatic N) is 2. The van der Waals surface area contributed by atoms with E-state index in [-0.39, 0.29) is 24.5 Å². The minimum absolute atomic E-state index is 0.127. The summed E-state index contributed by atoms with van der Waals surface area (Å²) in [6, 6.07) is 3.67. The zero-order valence-corrected chi connectivity index (χ0v) is 14.3. The number of allylic oxidation sites excluding steroid dienone is 2. The molecule has 0 saturated heterocycles. The molecular formula is C17H22N3O4+. The van der Waals surface area contributed by atoms with Crippen LogP contribution in [-0.4, -0.2) is 45.1 Å². The Morgan fingerprint density at radius 3 is 2.29 bits per heavy atom. The number of nitrogens with one attached hydrogen (secondary N) is 1. The van der Waals surface area contributed by atoms with Crippen molar-refractivity contribution in [3.05, 3.63) is 36.2 Å². The molecule has 0 fully saturated rings. The summed E-state index contributed by atoms with van der Waals surface area (Å²) >= 11 is 0. The van der Waals surface area contributed by atoms with Gasteiger partial charge < -0.3 is 14.4 Å². The van der Waals surface area contributed by atoms with Gasteiger partial charge in [-0.05, 0) is 19.9 Å². The summed E-state index contributed by atoms with van der Waals surface area (Å²) in [5.41, 5.74) is 0.804. The average molecular weight is 332 g/mol. The lowest BCUT2D eigenvalue weighted by Gasteiger charge is -2.10. The predicted molar refractivity (Wildman–Crippen MR) is 89.7 cm³/mol. The van der Waals surface area contributed by atoms with Gasteiger partial charge in [-0.3, -0.25) is 5.41 Å². The first-order valence-corrected chi connectivity index (χ1v) is 7.49. The Hall–Kier alpha value is -2.92. The van der Waals surface area contributed by atoms with E-state index in [4.69, 9.17) is 14.9 Å². The third kappa shape index (κ3) is 5.07. The minimum atomic E-state index is -0.798. The zero-order chi connectivity index (χ0) is 18.1. The third-order valence-electron chi connectivity index (χ3n) is 2.98. The highest BCUT2D eigenvalue weighted by Gasteiger charge is 2.24. The van der Waals surface area contributed by atoms with E-state index in [9.17, 15) is 9.59 Å². The number of ether oxygens (including phenoxy) is 2. The molecule has 0 spiro atoms. The number of hydrogen-bond donors (Lipinski definition) is 1. The zero-order valence-electron chi connectivity index (χ0n) is 14.3. The molecule has 7 heteroatoms. The normalized spacial score (nSPS) is 9.50. The maximum atomic E-state index is 12.0. The highest BCUT2D eigenvalue weighted by Crippen LogP contribution is 2.10. The maximum Gasteiger partial charge on any atom is 0.345 e. The molecule has 0 aliphatic carbocycles. The van der Waals surface area contributed by atoms with E-state index in [0.29, 0.717) is 0 Å². The number of rotatable bonds is 7. The number of anilines is 1. The molecule has 0 aromatic carbocycles. The van der Waals surface area contributed by atoms with Gasteiger partial charge in [0.2, 0.25) is 0 Å². The molecule has 0 bridgehead atoms. The molecule has 24 heavy (non-hydrogen) atoms. The smallest absolute Gasteiger partial charge is 0.345 e. The van der Waals surface area contributed by atoms with Crippen LogP contribution in [0.5, 0.6) is 0 Å². The van der Waals surface area contributed by atoms with Gasteiger partial charge in [-0.25, -0.2) is 9.59 Å². The van der Waals surface area contributed by atoms with Gasteiger partial charge in [0.25, 0.3) is 5.70 Å². The fourth-order valence-corrected chi connectivity index (χ4v) is 1.81. The summed E-state index contributed by atoms with van der Waals surface area (Å²) in [5.74, 6) is 0.632. The summed E-state index contributed by atoms with van der Waals surface area (Å²) < 4.78 is 11.4. The van der Waals surface area contributed by atoms with E-state index < -0.39 is 11.9 Å². The van der Waals surface area contributed by atoms with Crippen LogP contribution in [0.15, 0.2) is 36.2 Å². The van der Waals surface area contributed by atoms with Crippen LogP contribution in [-0.2, 0) is 19.1 Å². The van der Waals surface area contributed by atoms with Gasteiger partial charge in [0.15, 0.2) is 18.0 Å². The molecule has 0 saturated carbocycles. The SMILES string of the molecule is CCOC(=O)C(=CC(=C=N)[n+]1cccc(N(C)C)c1)C(=O)OCC. The van der Waals surface area contributed by atoms with Gasteiger partial charge >= 0.3 is 11.9 Å². The Morgan fingerprint density at radius 2 is 1.83 bits per heavy atom. The lowest BCUT2D eigenvalue weighted by atomic mass is 10.2. The predicted octanol–water partition coefficient (Wildman–Crippen LogP) is 1.18. The standard InChI is InChI=1S/C17H22N3O4/c1-5-23-16(21)15(17(22)24-6-2)10-14(11-18)20-9-7-8-13(12-20)19(3)4/h7-10,12,18H,5-6H2,1-4H3/q+1. The lowest BCUT2D eigenvalue weighted by molar-refractivity contribution is -0.576. The largest absolute Gasteiger partial charge is 0.462 e. The average Bonchev–Trinajstić information content (AvgIpc) is 2.56. The summed E-state index contributed by atoms with van der Waals surface area (Å²) in [6.07, 6.45) is 4.68. The van der Waals surface area contributed by atoms with Crippen molar-refractivity contribution in [1.82, 2.24) is 0 Å². The lowest BCUT2D eigenvalue weighted by Crippen LogP contribution is -2.33. The Balaban J connectivity index is 3.31. The molecule has 1 heterocycles. The van der Waals surface area contributed by atoms with E-state index >= 15 is 0 Å². The van der Waals surface area contributed by atoms with Crippen LogP contribution < -0.4 is 9.47 Å². The molecule has 0 radical (unpaired) electrons. The van der Waals surface area contributed by atoms with Gasteiger partial charge in [0.05, 0.1) is 19.1 Å². The first-order valence-electron chi connectivity index (χ1n) is 7.49. The van der Waals surface area contributed by atoms with Gasteiger partial charge in [-0.1, -0.05) is 0 Å². The van der Waals surface area contributed by atoms with E-state index in [2.05, 4.69) is 5.87 Å². The van der Waals surface area contributed by atoms with Crippen molar-refractivity contribution in [3.63, 3.8) is 0 Å². The van der Waals surface area contributed by atoms with Gasteiger partial charge in [-0.15, -0.1) is 0 Å². The Morgan fingerprint density at radius 1 is 1.25 bits per heavy atom. The van der Waals surface area contributed by atoms with Crippen molar-refractivity contribution >= 4 is 29.2 Å². The molecule has 0 atom stereocenters. The van der Waals surface area contributed by atoms with Crippen LogP contribution in [0.1, 0.15) is 13.8 Å². The minimum Gasteiger partial charge on any atom is -0.462 e. The highest BCUT2D eigenvalue weighted by molar-refractivity contribution is 6.15. The van der Waals surface area contributed by atoms with Crippen LogP contribution in [0.3, 0.4) is 0 Å². The van der Waals surface area contributed by atoms with Crippen LogP contribution >= 0.6 is 0 Å². The number of esters is 2. The molecule has 1 aromatic rings. The Bertz CT molecular complexity index is 669. The summed E-state index contributed by atoms with van der Waals surface area (Å²) in [4.78, 5) is 25.9. The van der Waals surface area contributed by atoms with Crippen molar-refractivity contribution in [2.45, 2.75) is 13.8 Å². The molecular weight excluding hydrogens is 310 g/mol. The number of aromatic nitrogens is 1. The molecule has 1 aromatic heterocycles. The first-order chi connectivity index (χ1) is 11.4. The highest BCUT2D eigenvalue weighted by atomic mass is 16.6. The Labute approximate surface area is 141 Å². The number of pyridine rings is 1. The van der Waals surface area contributed by atoms with Crippen molar-refractivity contribution in [1.29, 1.82) is 5.41 Å². The van der Waals surface area contributed by atoms with Crippen LogP contribution in [0, 0.1) is 5.41 Å². The fraction of sp³-hybridized carbons (Fsp3) is 0.353. The maximum absolute atomic E-state index is 12.0. The molecule has 7 nitrogen and oxygen atoms in total. The van der Waals surface area contributed by atoms with Crippen LogP contribution in [0.4, 0.5) is 5.69 Å². The summed E-state index contributed by atoms with van der Waals surface area (Å²) in [6.45, 7) is 3.54. The van der Waals surface area contributed by atoms with Gasteiger partial charge in [0, 0.05) is 26.2 Å². The van der Waals surface area contributed by atoms with Crippen molar-refractivity contribution in [3.8, 4) is 0 Å². The molecule has 0 aliphatic rings. The second kappa shape index (κ2) is 9.27. The second-order valence-electron chi connectivity index (χ2n) is 4.87. The molecule has 1 rings (SSSR count). The van der Waals surface area contributed by atoms with Gasteiger partial charge in [-0.2, -0.15) is 4.57 Å². The van der Waals surface area contributed by atoms with E-state index in [1.807, 2.05) is 25.1 Å². The van der Waals surface area contributed by atoms with Crippen molar-refractivity contribution in [2.75, 3.05) is 32.2 Å². The third-order valence-corrected chi connectivity index (χ3v) is 2.98. The first kappa shape index (κ1) is 19.1. The molecule has 0 aliphatic heterocycles. The molecule has 128 valence electrons.